The minimum Gasteiger partial charge on any atom is -0.496 e. The summed E-state index contributed by atoms with van der Waals surface area (Å²) in [5.41, 5.74) is 8.67. The summed E-state index contributed by atoms with van der Waals surface area (Å²) in [5, 5.41) is 0. The number of fused-ring (bicyclic) bond motifs is 3. The molecule has 140 valence electrons. The summed E-state index contributed by atoms with van der Waals surface area (Å²) >= 11 is 0. The zero-order valence-electron chi connectivity index (χ0n) is 17.7. The first-order valence-corrected chi connectivity index (χ1v) is 10.6. The first kappa shape index (κ1) is 19.0. The maximum Gasteiger partial charge on any atom is 0.122 e. The van der Waals surface area contributed by atoms with Gasteiger partial charge in [-0.15, -0.1) is 0 Å². The Morgan fingerprint density at radius 1 is 0.692 bits per heavy atom. The van der Waals surface area contributed by atoms with Crippen molar-refractivity contribution in [1.29, 1.82) is 0 Å². The van der Waals surface area contributed by atoms with E-state index < -0.39 is 0 Å². The Hall–Kier alpha value is -1.74. The van der Waals surface area contributed by atoms with Crippen molar-refractivity contribution in [3.8, 4) is 22.6 Å². The second-order valence-corrected chi connectivity index (χ2v) is 10.7. The van der Waals surface area contributed by atoms with Crippen LogP contribution in [0.4, 0.5) is 0 Å². The molecule has 3 heteroatoms. The van der Waals surface area contributed by atoms with Crippen LogP contribution >= 0.6 is 0 Å². The van der Waals surface area contributed by atoms with Crippen LogP contribution in [0.3, 0.4) is 0 Å². The first-order valence-electron chi connectivity index (χ1n) is 9.44. The van der Waals surface area contributed by atoms with E-state index in [1.807, 2.05) is 0 Å². The van der Waals surface area contributed by atoms with Crippen molar-refractivity contribution in [2.45, 2.75) is 57.9 Å². The third kappa shape index (κ3) is 2.96. The molecular weight excluding hydrogens is 336 g/mol. The third-order valence-corrected chi connectivity index (χ3v) is 6.83. The summed E-state index contributed by atoms with van der Waals surface area (Å²) in [6.45, 7) is 13.5. The number of methoxy groups -OCH3 is 2. The van der Waals surface area contributed by atoms with E-state index in [9.17, 15) is 0 Å². The van der Waals surface area contributed by atoms with Crippen LogP contribution in [0.1, 0.15) is 69.3 Å². The summed E-state index contributed by atoms with van der Waals surface area (Å²) in [6.07, 6.45) is 0. The fraction of sp³-hybridized carbons (Fsp3) is 0.478. The highest BCUT2D eigenvalue weighted by Crippen LogP contribution is 2.50. The van der Waals surface area contributed by atoms with Gasteiger partial charge >= 0.3 is 0 Å². The molecule has 0 atom stereocenters. The molecule has 0 N–H and O–H groups in total. The van der Waals surface area contributed by atoms with Gasteiger partial charge in [0.25, 0.3) is 0 Å². The van der Waals surface area contributed by atoms with Gasteiger partial charge in [0.1, 0.15) is 11.5 Å². The number of ether oxygens (including phenoxy) is 2. The maximum absolute atomic E-state index is 5.76. The molecule has 26 heavy (non-hydrogen) atoms. The fourth-order valence-corrected chi connectivity index (χ4v) is 5.01. The van der Waals surface area contributed by atoms with Gasteiger partial charge in [-0.25, -0.2) is 0 Å². The summed E-state index contributed by atoms with van der Waals surface area (Å²) in [6, 6.07) is 9.28. The Bertz CT molecular complexity index is 782. The average molecular weight is 369 g/mol. The summed E-state index contributed by atoms with van der Waals surface area (Å²) < 4.78 is 11.5. The lowest BCUT2D eigenvalue weighted by molar-refractivity contribution is 0.397. The van der Waals surface area contributed by atoms with Gasteiger partial charge in [-0.2, -0.15) is 0 Å². The Morgan fingerprint density at radius 2 is 1.04 bits per heavy atom. The van der Waals surface area contributed by atoms with Crippen LogP contribution in [0.2, 0.25) is 0 Å². The van der Waals surface area contributed by atoms with Gasteiger partial charge in [0.05, 0.1) is 14.2 Å². The summed E-state index contributed by atoms with van der Waals surface area (Å²) in [4.78, 5) is 0. The Balaban J connectivity index is 2.31. The predicted octanol–water partition coefficient (Wildman–Crippen LogP) is 4.73. The quantitative estimate of drug-likeness (QED) is 0.713. The van der Waals surface area contributed by atoms with Crippen molar-refractivity contribution in [1.82, 2.24) is 0 Å². The van der Waals surface area contributed by atoms with Crippen molar-refractivity contribution < 1.29 is 9.47 Å². The van der Waals surface area contributed by atoms with Gasteiger partial charge in [-0.3, -0.25) is 0 Å². The van der Waals surface area contributed by atoms with Crippen molar-refractivity contribution in [2.24, 2.45) is 0 Å². The number of benzene rings is 2. The largest absolute Gasteiger partial charge is 0.496 e. The van der Waals surface area contributed by atoms with Crippen LogP contribution < -0.4 is 9.47 Å². The van der Waals surface area contributed by atoms with Gasteiger partial charge in [0.15, 0.2) is 0 Å². The molecule has 0 unspecified atom stereocenters. The van der Waals surface area contributed by atoms with E-state index in [4.69, 9.17) is 9.47 Å². The standard InChI is InChI=1S/C23H32O2Si/c1-22(2,3)17-9-13-14-10-18(23(4,5)6)20(25-8)12-16(14)21(26)15(13)11-19(17)24-7/h9-12,21H,1-8,26H3. The molecule has 1 aliphatic carbocycles. The van der Waals surface area contributed by atoms with Crippen LogP contribution in [-0.2, 0) is 10.8 Å². The van der Waals surface area contributed by atoms with Crippen molar-refractivity contribution in [2.75, 3.05) is 14.2 Å². The highest BCUT2D eigenvalue weighted by atomic mass is 28.1. The Labute approximate surface area is 161 Å². The normalized spacial score (nSPS) is 14.3. The lowest BCUT2D eigenvalue weighted by atomic mass is 9.82. The van der Waals surface area contributed by atoms with Gasteiger partial charge in [-0.05, 0) is 62.9 Å². The topological polar surface area (TPSA) is 18.5 Å². The number of rotatable bonds is 2. The monoisotopic (exact) mass is 368 g/mol. The zero-order chi connectivity index (χ0) is 19.4. The summed E-state index contributed by atoms with van der Waals surface area (Å²) in [5.74, 6) is 2.01. The molecule has 0 spiro atoms. The smallest absolute Gasteiger partial charge is 0.122 e. The predicted molar refractivity (Wildman–Crippen MR) is 114 cm³/mol. The van der Waals surface area contributed by atoms with Gasteiger partial charge in [0.2, 0.25) is 0 Å². The number of hydrogen-bond donors (Lipinski definition) is 0. The molecule has 0 aliphatic heterocycles. The van der Waals surface area contributed by atoms with Crippen molar-refractivity contribution >= 4 is 10.2 Å². The molecule has 2 aromatic rings. The van der Waals surface area contributed by atoms with Gasteiger partial charge in [0, 0.05) is 21.4 Å². The minimum atomic E-state index is 0.0448. The van der Waals surface area contributed by atoms with E-state index >= 15 is 0 Å². The molecule has 0 fully saturated rings. The molecule has 2 nitrogen and oxygen atoms in total. The minimum absolute atomic E-state index is 0.0448. The molecule has 0 aromatic heterocycles. The highest BCUT2D eigenvalue weighted by molar-refractivity contribution is 6.17. The van der Waals surface area contributed by atoms with Crippen molar-refractivity contribution in [3.63, 3.8) is 0 Å². The lowest BCUT2D eigenvalue weighted by Crippen LogP contribution is -2.14. The van der Waals surface area contributed by atoms with E-state index in [1.165, 1.54) is 33.4 Å². The Kier molecular flexibility index (Phi) is 4.51. The SMILES string of the molecule is COc1cc2c(cc1C(C)(C)C)-c1cc(C(C)(C)C)c(OC)cc1C2[SiH3]. The van der Waals surface area contributed by atoms with E-state index in [1.54, 1.807) is 14.2 Å². The van der Waals surface area contributed by atoms with Crippen LogP contribution in [-0.4, -0.2) is 24.5 Å². The molecule has 0 amide bonds. The molecular formula is C23H32O2Si. The molecule has 1 aliphatic rings. The molecule has 3 rings (SSSR count). The lowest BCUT2D eigenvalue weighted by Gasteiger charge is -2.24. The van der Waals surface area contributed by atoms with E-state index in [-0.39, 0.29) is 10.8 Å². The molecule has 0 heterocycles. The number of hydrogen-bond acceptors (Lipinski definition) is 2. The third-order valence-electron chi connectivity index (χ3n) is 5.58. The second-order valence-electron chi connectivity index (χ2n) is 9.50. The van der Waals surface area contributed by atoms with Crippen molar-refractivity contribution in [3.05, 3.63) is 46.5 Å². The van der Waals surface area contributed by atoms with Gasteiger partial charge in [-0.1, -0.05) is 41.5 Å². The molecule has 0 bridgehead atoms. The molecule has 0 saturated carbocycles. The second kappa shape index (κ2) is 6.16. The average Bonchev–Trinajstić information content (AvgIpc) is 2.82. The van der Waals surface area contributed by atoms with E-state index in [2.05, 4.69) is 65.8 Å². The summed E-state index contributed by atoms with van der Waals surface area (Å²) in [7, 11) is 4.63. The fourth-order valence-electron chi connectivity index (χ4n) is 4.05. The van der Waals surface area contributed by atoms with Crippen LogP contribution in [0.25, 0.3) is 11.1 Å². The Morgan fingerprint density at radius 3 is 1.31 bits per heavy atom. The molecule has 0 saturated heterocycles. The molecule has 0 radical (unpaired) electrons. The maximum atomic E-state index is 5.76. The van der Waals surface area contributed by atoms with E-state index in [0.717, 1.165) is 21.7 Å². The van der Waals surface area contributed by atoms with Crippen LogP contribution in [0.15, 0.2) is 24.3 Å². The van der Waals surface area contributed by atoms with E-state index in [0.29, 0.717) is 5.54 Å². The van der Waals surface area contributed by atoms with Gasteiger partial charge < -0.3 is 9.47 Å². The van der Waals surface area contributed by atoms with Crippen LogP contribution in [0.5, 0.6) is 11.5 Å². The molecule has 2 aromatic carbocycles. The van der Waals surface area contributed by atoms with Crippen LogP contribution in [0, 0.1) is 0 Å². The highest BCUT2D eigenvalue weighted by Gasteiger charge is 2.32. The zero-order valence-corrected chi connectivity index (χ0v) is 19.7. The first-order chi connectivity index (χ1) is 12.0.